The van der Waals surface area contributed by atoms with Gasteiger partial charge in [0.25, 0.3) is 0 Å². The normalized spacial score (nSPS) is 13.2. The van der Waals surface area contributed by atoms with Crippen LogP contribution in [0, 0.1) is 0 Å². The molecule has 0 saturated carbocycles. The van der Waals surface area contributed by atoms with Gasteiger partial charge in [-0.3, -0.25) is 0 Å². The van der Waals surface area contributed by atoms with E-state index in [-0.39, 0.29) is 0 Å². The maximum Gasteiger partial charge on any atom is 0.136 e. The second-order valence-corrected chi connectivity index (χ2v) is 8.47. The van der Waals surface area contributed by atoms with Gasteiger partial charge in [0.2, 0.25) is 0 Å². The molecule has 32 heavy (non-hydrogen) atoms. The first kappa shape index (κ1) is 17.6. The summed E-state index contributed by atoms with van der Waals surface area (Å²) >= 11 is 0. The third-order valence-corrected chi connectivity index (χ3v) is 6.62. The van der Waals surface area contributed by atoms with Gasteiger partial charge in [0.05, 0.1) is 5.52 Å². The molecule has 0 N–H and O–H groups in total. The van der Waals surface area contributed by atoms with Crippen molar-refractivity contribution in [2.45, 2.75) is 12.8 Å². The number of nitrogens with zero attached hydrogens (tertiary/aromatic N) is 1. The third kappa shape index (κ3) is 2.47. The molecule has 2 aromatic heterocycles. The minimum atomic E-state index is 0.932. The molecule has 0 bridgehead atoms. The van der Waals surface area contributed by atoms with Crippen molar-refractivity contribution in [3.63, 3.8) is 0 Å². The zero-order valence-electron chi connectivity index (χ0n) is 17.6. The van der Waals surface area contributed by atoms with E-state index in [0.29, 0.717) is 0 Å². The lowest BCUT2D eigenvalue weighted by Crippen LogP contribution is -2.30. The number of furan rings is 1. The summed E-state index contributed by atoms with van der Waals surface area (Å²) in [7, 11) is 0. The van der Waals surface area contributed by atoms with Crippen LogP contribution in [0.25, 0.3) is 61.8 Å². The Labute approximate surface area is 185 Å². The van der Waals surface area contributed by atoms with Gasteiger partial charge in [0, 0.05) is 38.0 Å². The lowest BCUT2D eigenvalue weighted by atomic mass is 10.0. The predicted octanol–water partition coefficient (Wildman–Crippen LogP) is 6.55. The molecule has 2 heterocycles. The molecule has 6 aromatic rings. The van der Waals surface area contributed by atoms with Crippen LogP contribution in [0.2, 0.25) is 0 Å². The highest BCUT2D eigenvalue weighted by Gasteiger charge is 2.16. The monoisotopic (exact) mass is 411 g/mol. The average Bonchev–Trinajstić information content (AvgIpc) is 3.40. The van der Waals surface area contributed by atoms with Crippen LogP contribution in [-0.4, -0.2) is 4.57 Å². The maximum absolute atomic E-state index is 6.20. The number of fused-ring (bicyclic) bond motifs is 6. The van der Waals surface area contributed by atoms with Gasteiger partial charge in [-0.2, -0.15) is 0 Å². The number of rotatable bonds is 2. The average molecular weight is 412 g/mol. The highest BCUT2D eigenvalue weighted by molar-refractivity contribution is 6.07. The summed E-state index contributed by atoms with van der Waals surface area (Å²) in [4.78, 5) is 0. The van der Waals surface area contributed by atoms with Crippen molar-refractivity contribution in [2.75, 3.05) is 0 Å². The zero-order valence-corrected chi connectivity index (χ0v) is 17.6. The van der Waals surface area contributed by atoms with Gasteiger partial charge in [0.15, 0.2) is 0 Å². The summed E-state index contributed by atoms with van der Waals surface area (Å²) in [6.45, 7) is 0. The Morgan fingerprint density at radius 3 is 2.34 bits per heavy atom. The number of para-hydroxylation sites is 3. The molecule has 0 amide bonds. The molecule has 1 aliphatic rings. The minimum absolute atomic E-state index is 0.932. The third-order valence-electron chi connectivity index (χ3n) is 6.62. The van der Waals surface area contributed by atoms with Crippen LogP contribution in [0.15, 0.2) is 95.4 Å². The highest BCUT2D eigenvalue weighted by atomic mass is 16.3. The molecule has 2 heteroatoms. The van der Waals surface area contributed by atoms with Crippen LogP contribution in [0.5, 0.6) is 0 Å². The van der Waals surface area contributed by atoms with E-state index in [0.717, 1.165) is 29.4 Å². The Morgan fingerprint density at radius 1 is 0.625 bits per heavy atom. The Morgan fingerprint density at radius 2 is 1.41 bits per heavy atom. The van der Waals surface area contributed by atoms with E-state index in [1.165, 1.54) is 43.7 Å². The summed E-state index contributed by atoms with van der Waals surface area (Å²) in [6.07, 6.45) is 6.95. The Bertz CT molecular complexity index is 1770. The first-order valence-corrected chi connectivity index (χ1v) is 11.2. The number of aromatic nitrogens is 1. The molecule has 0 fully saturated rings. The van der Waals surface area contributed by atoms with Crippen molar-refractivity contribution >= 4 is 45.0 Å². The molecule has 0 unspecified atom stereocenters. The number of benzene rings is 4. The van der Waals surface area contributed by atoms with Crippen molar-refractivity contribution in [1.82, 2.24) is 4.57 Å². The quantitative estimate of drug-likeness (QED) is 0.316. The summed E-state index contributed by atoms with van der Waals surface area (Å²) in [5.41, 5.74) is 6.72. The molecular weight excluding hydrogens is 390 g/mol. The fraction of sp³-hybridized carbons (Fsp3) is 0.0667. The van der Waals surface area contributed by atoms with E-state index in [2.05, 4.69) is 95.6 Å². The summed E-state index contributed by atoms with van der Waals surface area (Å²) in [5.74, 6) is 0. The van der Waals surface area contributed by atoms with Gasteiger partial charge in [-0.15, -0.1) is 0 Å². The molecule has 7 rings (SSSR count). The van der Waals surface area contributed by atoms with Crippen molar-refractivity contribution in [1.29, 1.82) is 0 Å². The summed E-state index contributed by atoms with van der Waals surface area (Å²) < 4.78 is 8.63. The summed E-state index contributed by atoms with van der Waals surface area (Å²) in [5, 5.41) is 6.29. The van der Waals surface area contributed by atoms with Crippen LogP contribution in [-0.2, 0) is 0 Å². The standard InChI is InChI=1S/C30H21NO/c1-2-9-21(10-3-1)31-27-15-6-4-11-23(27)26-14-8-13-22(30(26)31)20-17-18-25-24-12-5-7-16-28(24)32-29(25)19-20/h1-3,5,7-19H,4,6H2. The van der Waals surface area contributed by atoms with Gasteiger partial charge in [0.1, 0.15) is 11.2 Å². The lowest BCUT2D eigenvalue weighted by Gasteiger charge is -2.11. The maximum atomic E-state index is 6.20. The van der Waals surface area contributed by atoms with Crippen molar-refractivity contribution in [3.8, 4) is 16.8 Å². The first-order chi connectivity index (χ1) is 15.9. The smallest absolute Gasteiger partial charge is 0.136 e. The lowest BCUT2D eigenvalue weighted by molar-refractivity contribution is 0.669. The van der Waals surface area contributed by atoms with Crippen LogP contribution in [0.3, 0.4) is 0 Å². The van der Waals surface area contributed by atoms with Gasteiger partial charge in [-0.1, -0.05) is 72.8 Å². The second-order valence-electron chi connectivity index (χ2n) is 8.47. The predicted molar refractivity (Wildman–Crippen MR) is 133 cm³/mol. The van der Waals surface area contributed by atoms with Crippen molar-refractivity contribution in [3.05, 3.63) is 102 Å². The minimum Gasteiger partial charge on any atom is -0.456 e. The molecule has 0 atom stereocenters. The largest absolute Gasteiger partial charge is 0.456 e. The topological polar surface area (TPSA) is 18.1 Å². The van der Waals surface area contributed by atoms with E-state index in [1.54, 1.807) is 0 Å². The van der Waals surface area contributed by atoms with Gasteiger partial charge in [-0.05, 0) is 48.7 Å². The first-order valence-electron chi connectivity index (χ1n) is 11.2. The molecule has 0 spiro atoms. The molecular formula is C30H21NO. The molecule has 2 nitrogen and oxygen atoms in total. The molecule has 1 aliphatic carbocycles. The highest BCUT2D eigenvalue weighted by Crippen LogP contribution is 2.34. The van der Waals surface area contributed by atoms with Gasteiger partial charge in [-0.25, -0.2) is 0 Å². The molecule has 152 valence electrons. The van der Waals surface area contributed by atoms with Crippen molar-refractivity contribution < 1.29 is 4.42 Å². The van der Waals surface area contributed by atoms with Gasteiger partial charge < -0.3 is 8.98 Å². The van der Waals surface area contributed by atoms with Crippen LogP contribution in [0.4, 0.5) is 0 Å². The van der Waals surface area contributed by atoms with Gasteiger partial charge >= 0.3 is 0 Å². The van der Waals surface area contributed by atoms with Crippen LogP contribution >= 0.6 is 0 Å². The number of hydrogen-bond acceptors (Lipinski definition) is 1. The van der Waals surface area contributed by atoms with E-state index in [9.17, 15) is 0 Å². The Balaban J connectivity index is 1.58. The zero-order chi connectivity index (χ0) is 21.1. The van der Waals surface area contributed by atoms with Crippen LogP contribution < -0.4 is 10.6 Å². The fourth-order valence-corrected chi connectivity index (χ4v) is 5.22. The van der Waals surface area contributed by atoms with E-state index in [4.69, 9.17) is 4.42 Å². The second kappa shape index (κ2) is 6.73. The van der Waals surface area contributed by atoms with E-state index in [1.807, 2.05) is 12.1 Å². The van der Waals surface area contributed by atoms with Crippen molar-refractivity contribution in [2.24, 2.45) is 0 Å². The molecule has 0 aliphatic heterocycles. The Kier molecular flexibility index (Phi) is 3.71. The van der Waals surface area contributed by atoms with Crippen LogP contribution in [0.1, 0.15) is 12.8 Å². The Hall–Kier alpha value is -4.04. The SMILES string of the molecule is C1=c2c(n(-c3ccccc3)c3c(-c4ccc5c(c4)oc4ccccc45)cccc23)=CCC1. The number of hydrogen-bond donors (Lipinski definition) is 0. The molecule has 0 saturated heterocycles. The summed E-state index contributed by atoms with van der Waals surface area (Å²) in [6, 6.07) is 32.2. The molecule has 4 aromatic carbocycles. The van der Waals surface area contributed by atoms with E-state index >= 15 is 0 Å². The fourth-order valence-electron chi connectivity index (χ4n) is 5.22. The van der Waals surface area contributed by atoms with E-state index < -0.39 is 0 Å². The molecule has 0 radical (unpaired) electrons.